The number of aryl methyl sites for hydroxylation is 1. The van der Waals surface area contributed by atoms with Crippen molar-refractivity contribution < 1.29 is 0 Å². The van der Waals surface area contributed by atoms with Crippen molar-refractivity contribution in [3.8, 4) is 0 Å². The summed E-state index contributed by atoms with van der Waals surface area (Å²) in [5.74, 6) is 0.396. The van der Waals surface area contributed by atoms with E-state index in [2.05, 4.69) is 53.6 Å². The third kappa shape index (κ3) is 2.23. The van der Waals surface area contributed by atoms with Crippen LogP contribution in [-0.4, -0.2) is 23.3 Å². The van der Waals surface area contributed by atoms with Gasteiger partial charge in [0, 0.05) is 22.7 Å². The fraction of sp³-hybridized carbons (Fsp3) is 0.467. The van der Waals surface area contributed by atoms with Crippen molar-refractivity contribution in [2.24, 2.45) is 0 Å². The molecule has 0 bridgehead atoms. The van der Waals surface area contributed by atoms with Gasteiger partial charge < -0.3 is 5.32 Å². The zero-order chi connectivity index (χ0) is 13.1. The molecule has 0 aliphatic rings. The number of nitrogens with one attached hydrogen (secondary N) is 1. The molecule has 0 spiro atoms. The maximum absolute atomic E-state index is 4.46. The first-order valence-electron chi connectivity index (χ1n) is 6.58. The number of likely N-dealkylation sites (N-methyl/N-ethyl adjacent to an activating group) is 1. The average molecular weight is 243 g/mol. The standard InChI is InChI=1S/C15H21N3/c1-5-12(10(2)16-4)15-14-9-7-6-8-13(14)11(3)17-18-15/h6-10,12,16H,5H2,1-4H3. The van der Waals surface area contributed by atoms with Crippen molar-refractivity contribution in [3.63, 3.8) is 0 Å². The van der Waals surface area contributed by atoms with Gasteiger partial charge in [0.15, 0.2) is 0 Å². The molecule has 1 N–H and O–H groups in total. The van der Waals surface area contributed by atoms with Gasteiger partial charge in [-0.05, 0) is 27.3 Å². The maximum atomic E-state index is 4.46. The van der Waals surface area contributed by atoms with E-state index in [1.54, 1.807) is 0 Å². The van der Waals surface area contributed by atoms with Gasteiger partial charge in [0.25, 0.3) is 0 Å². The van der Waals surface area contributed by atoms with Gasteiger partial charge in [-0.1, -0.05) is 31.2 Å². The van der Waals surface area contributed by atoms with Crippen molar-refractivity contribution in [2.45, 2.75) is 39.2 Å². The van der Waals surface area contributed by atoms with E-state index in [4.69, 9.17) is 0 Å². The van der Waals surface area contributed by atoms with E-state index in [1.165, 1.54) is 10.8 Å². The lowest BCUT2D eigenvalue weighted by molar-refractivity contribution is 0.473. The van der Waals surface area contributed by atoms with Crippen LogP contribution in [-0.2, 0) is 0 Å². The van der Waals surface area contributed by atoms with Crippen LogP contribution in [0.2, 0.25) is 0 Å². The van der Waals surface area contributed by atoms with E-state index < -0.39 is 0 Å². The lowest BCUT2D eigenvalue weighted by Crippen LogP contribution is -2.29. The van der Waals surface area contributed by atoms with Gasteiger partial charge in [0.2, 0.25) is 0 Å². The monoisotopic (exact) mass is 243 g/mol. The maximum Gasteiger partial charge on any atom is 0.0755 e. The molecule has 0 radical (unpaired) electrons. The molecule has 2 rings (SSSR count). The number of fused-ring (bicyclic) bond motifs is 1. The molecule has 2 aromatic rings. The van der Waals surface area contributed by atoms with Crippen molar-refractivity contribution >= 4 is 10.8 Å². The Morgan fingerprint density at radius 3 is 2.44 bits per heavy atom. The minimum atomic E-state index is 0.396. The largest absolute Gasteiger partial charge is 0.317 e. The third-order valence-corrected chi connectivity index (χ3v) is 3.75. The smallest absolute Gasteiger partial charge is 0.0755 e. The van der Waals surface area contributed by atoms with Gasteiger partial charge in [-0.2, -0.15) is 10.2 Å². The summed E-state index contributed by atoms with van der Waals surface area (Å²) in [5.41, 5.74) is 2.11. The summed E-state index contributed by atoms with van der Waals surface area (Å²) in [6, 6.07) is 8.81. The minimum Gasteiger partial charge on any atom is -0.317 e. The highest BCUT2D eigenvalue weighted by Gasteiger charge is 2.20. The van der Waals surface area contributed by atoms with Crippen LogP contribution < -0.4 is 5.32 Å². The van der Waals surface area contributed by atoms with Crippen molar-refractivity contribution in [2.75, 3.05) is 7.05 Å². The predicted molar refractivity (Wildman–Crippen MR) is 75.8 cm³/mol. The quantitative estimate of drug-likeness (QED) is 0.897. The van der Waals surface area contributed by atoms with Gasteiger partial charge >= 0.3 is 0 Å². The van der Waals surface area contributed by atoms with Gasteiger partial charge in [-0.25, -0.2) is 0 Å². The molecule has 18 heavy (non-hydrogen) atoms. The fourth-order valence-corrected chi connectivity index (χ4v) is 2.52. The van der Waals surface area contributed by atoms with Crippen LogP contribution in [0.5, 0.6) is 0 Å². The highest BCUT2D eigenvalue weighted by atomic mass is 15.1. The van der Waals surface area contributed by atoms with Crippen LogP contribution in [0.15, 0.2) is 24.3 Å². The summed E-state index contributed by atoms with van der Waals surface area (Å²) < 4.78 is 0. The highest BCUT2D eigenvalue weighted by molar-refractivity contribution is 5.86. The molecule has 1 aromatic carbocycles. The molecule has 2 unspecified atom stereocenters. The van der Waals surface area contributed by atoms with E-state index in [9.17, 15) is 0 Å². The molecule has 0 amide bonds. The number of nitrogens with zero attached hydrogens (tertiary/aromatic N) is 2. The number of benzene rings is 1. The lowest BCUT2D eigenvalue weighted by atomic mass is 9.91. The minimum absolute atomic E-state index is 0.396. The molecule has 0 saturated heterocycles. The van der Waals surface area contributed by atoms with Gasteiger partial charge in [0.05, 0.1) is 11.4 Å². The van der Waals surface area contributed by atoms with Crippen molar-refractivity contribution in [1.82, 2.24) is 15.5 Å². The zero-order valence-electron chi connectivity index (χ0n) is 11.6. The molecule has 1 aromatic heterocycles. The summed E-state index contributed by atoms with van der Waals surface area (Å²) in [5, 5.41) is 14.5. The van der Waals surface area contributed by atoms with Gasteiger partial charge in [-0.15, -0.1) is 0 Å². The fourth-order valence-electron chi connectivity index (χ4n) is 2.52. The number of aromatic nitrogens is 2. The van der Waals surface area contributed by atoms with Crippen LogP contribution in [0.25, 0.3) is 10.8 Å². The molecular formula is C15H21N3. The summed E-state index contributed by atoms with van der Waals surface area (Å²) in [6.07, 6.45) is 1.06. The molecule has 96 valence electrons. The van der Waals surface area contributed by atoms with E-state index >= 15 is 0 Å². The molecule has 3 heteroatoms. The second kappa shape index (κ2) is 5.44. The number of hydrogen-bond acceptors (Lipinski definition) is 3. The van der Waals surface area contributed by atoms with E-state index in [0.29, 0.717) is 12.0 Å². The van der Waals surface area contributed by atoms with Crippen LogP contribution in [0.4, 0.5) is 0 Å². The first kappa shape index (κ1) is 13.0. The second-order valence-electron chi connectivity index (χ2n) is 4.81. The van der Waals surface area contributed by atoms with Crippen molar-refractivity contribution in [3.05, 3.63) is 35.7 Å². The SMILES string of the molecule is CCC(c1nnc(C)c2ccccc12)C(C)NC. The van der Waals surface area contributed by atoms with Gasteiger partial charge in [0.1, 0.15) is 0 Å². The molecule has 1 heterocycles. The molecule has 0 aliphatic heterocycles. The lowest BCUT2D eigenvalue weighted by Gasteiger charge is -2.22. The topological polar surface area (TPSA) is 37.8 Å². The molecule has 0 saturated carbocycles. The number of hydrogen-bond donors (Lipinski definition) is 1. The zero-order valence-corrected chi connectivity index (χ0v) is 11.6. The Bertz CT molecular complexity index is 536. The van der Waals surface area contributed by atoms with E-state index in [-0.39, 0.29) is 0 Å². The molecule has 0 fully saturated rings. The van der Waals surface area contributed by atoms with Crippen LogP contribution in [0, 0.1) is 6.92 Å². The molecule has 3 nitrogen and oxygen atoms in total. The first-order valence-corrected chi connectivity index (χ1v) is 6.58. The first-order chi connectivity index (χ1) is 8.69. The normalized spacial score (nSPS) is 14.7. The Hall–Kier alpha value is -1.48. The highest BCUT2D eigenvalue weighted by Crippen LogP contribution is 2.28. The molecule has 0 aliphatic carbocycles. The summed E-state index contributed by atoms with van der Waals surface area (Å²) in [6.45, 7) is 6.42. The Morgan fingerprint density at radius 2 is 1.83 bits per heavy atom. The van der Waals surface area contributed by atoms with E-state index in [1.807, 2.05) is 14.0 Å². The second-order valence-corrected chi connectivity index (χ2v) is 4.81. The molecular weight excluding hydrogens is 222 g/mol. The van der Waals surface area contributed by atoms with Crippen LogP contribution in [0.1, 0.15) is 37.6 Å². The Kier molecular flexibility index (Phi) is 3.92. The summed E-state index contributed by atoms with van der Waals surface area (Å²) >= 11 is 0. The Balaban J connectivity index is 2.60. The number of rotatable bonds is 4. The van der Waals surface area contributed by atoms with Gasteiger partial charge in [-0.3, -0.25) is 0 Å². The van der Waals surface area contributed by atoms with Crippen LogP contribution >= 0.6 is 0 Å². The van der Waals surface area contributed by atoms with Crippen molar-refractivity contribution in [1.29, 1.82) is 0 Å². The Morgan fingerprint density at radius 1 is 1.17 bits per heavy atom. The summed E-state index contributed by atoms with van der Waals surface area (Å²) in [4.78, 5) is 0. The predicted octanol–water partition coefficient (Wildman–Crippen LogP) is 3.04. The third-order valence-electron chi connectivity index (χ3n) is 3.75. The summed E-state index contributed by atoms with van der Waals surface area (Å²) in [7, 11) is 2.00. The molecule has 2 atom stereocenters. The van der Waals surface area contributed by atoms with E-state index in [0.717, 1.165) is 17.8 Å². The van der Waals surface area contributed by atoms with Crippen LogP contribution in [0.3, 0.4) is 0 Å². The Labute approximate surface area is 109 Å². The average Bonchev–Trinajstić information content (AvgIpc) is 2.42.